The lowest BCUT2D eigenvalue weighted by Crippen LogP contribution is -2.39. The smallest absolute Gasteiger partial charge is 0.332 e. The van der Waals surface area contributed by atoms with E-state index in [1.807, 2.05) is 0 Å². The molecule has 2 heterocycles. The summed E-state index contributed by atoms with van der Waals surface area (Å²) in [5, 5.41) is 11.1. The van der Waals surface area contributed by atoms with E-state index in [0.717, 1.165) is 47.3 Å². The van der Waals surface area contributed by atoms with Gasteiger partial charge in [0, 0.05) is 13.6 Å². The van der Waals surface area contributed by atoms with Crippen molar-refractivity contribution in [3.05, 3.63) is 56.2 Å². The van der Waals surface area contributed by atoms with Gasteiger partial charge >= 0.3 is 5.69 Å². The fourth-order valence-corrected chi connectivity index (χ4v) is 3.24. The number of hydrogen-bond acceptors (Lipinski definition) is 7. The first-order valence-corrected chi connectivity index (χ1v) is 10.1. The number of hydrogen-bond donors (Lipinski definition) is 1. The van der Waals surface area contributed by atoms with Crippen LogP contribution in [0.1, 0.15) is 25.8 Å². The molecule has 0 fully saturated rings. The van der Waals surface area contributed by atoms with Gasteiger partial charge in [0.05, 0.1) is 6.54 Å². The molecule has 0 saturated heterocycles. The molecular weight excluding hydrogens is 408 g/mol. The van der Waals surface area contributed by atoms with Crippen LogP contribution in [0.15, 0.2) is 27.8 Å². The molecule has 0 bridgehead atoms. The predicted molar refractivity (Wildman–Crippen MR) is 113 cm³/mol. The normalized spacial score (nSPS) is 11.4. The van der Waals surface area contributed by atoms with Crippen LogP contribution in [0.25, 0.3) is 11.2 Å². The number of aromatic nitrogens is 5. The Morgan fingerprint density at radius 3 is 2.52 bits per heavy atom. The SMILES string of the molecule is CCN(CC)CCCNc1nnc2c(n1)c(=O)n(C)c(=O)n2Cc1ccc(F)c(F)c1. The molecule has 166 valence electrons. The number of halogens is 2. The van der Waals surface area contributed by atoms with Gasteiger partial charge in [-0.1, -0.05) is 19.9 Å². The largest absolute Gasteiger partial charge is 0.353 e. The zero-order valence-corrected chi connectivity index (χ0v) is 17.7. The summed E-state index contributed by atoms with van der Waals surface area (Å²) in [6.45, 7) is 7.53. The van der Waals surface area contributed by atoms with Crippen molar-refractivity contribution in [1.82, 2.24) is 29.2 Å². The number of nitrogens with one attached hydrogen (secondary N) is 1. The lowest BCUT2D eigenvalue weighted by Gasteiger charge is -2.17. The van der Waals surface area contributed by atoms with Gasteiger partial charge in [-0.3, -0.25) is 13.9 Å². The first-order valence-electron chi connectivity index (χ1n) is 10.1. The Kier molecular flexibility index (Phi) is 7.06. The number of nitrogens with zero attached hydrogens (tertiary/aromatic N) is 6. The zero-order chi connectivity index (χ0) is 22.5. The second kappa shape index (κ2) is 9.73. The maximum atomic E-state index is 13.6. The molecule has 9 nitrogen and oxygen atoms in total. The van der Waals surface area contributed by atoms with E-state index in [2.05, 4.69) is 39.2 Å². The Labute approximate surface area is 177 Å². The molecule has 31 heavy (non-hydrogen) atoms. The zero-order valence-electron chi connectivity index (χ0n) is 17.7. The molecule has 0 spiro atoms. The van der Waals surface area contributed by atoms with Crippen LogP contribution < -0.4 is 16.6 Å². The molecule has 0 aliphatic carbocycles. The quantitative estimate of drug-likeness (QED) is 0.509. The van der Waals surface area contributed by atoms with Crippen molar-refractivity contribution in [2.45, 2.75) is 26.8 Å². The number of anilines is 1. The molecule has 3 aromatic rings. The van der Waals surface area contributed by atoms with Crippen molar-refractivity contribution in [3.8, 4) is 0 Å². The van der Waals surface area contributed by atoms with E-state index in [1.165, 1.54) is 13.1 Å². The van der Waals surface area contributed by atoms with Gasteiger partial charge < -0.3 is 10.2 Å². The van der Waals surface area contributed by atoms with E-state index in [9.17, 15) is 18.4 Å². The Bertz CT molecular complexity index is 1190. The molecular formula is C20H25F2N7O2. The summed E-state index contributed by atoms with van der Waals surface area (Å²) in [4.78, 5) is 31.7. The van der Waals surface area contributed by atoms with Crippen LogP contribution in [0.4, 0.5) is 14.7 Å². The third-order valence-corrected chi connectivity index (χ3v) is 5.10. The molecule has 0 unspecified atom stereocenters. The molecule has 11 heteroatoms. The second-order valence-electron chi connectivity index (χ2n) is 7.10. The molecule has 1 aromatic carbocycles. The minimum atomic E-state index is -1.03. The van der Waals surface area contributed by atoms with Gasteiger partial charge in [0.1, 0.15) is 0 Å². The minimum Gasteiger partial charge on any atom is -0.353 e. The minimum absolute atomic E-state index is 0.0217. The number of benzene rings is 1. The number of fused-ring (bicyclic) bond motifs is 1. The van der Waals surface area contributed by atoms with Gasteiger partial charge in [0.15, 0.2) is 22.8 Å². The summed E-state index contributed by atoms with van der Waals surface area (Å²) in [5.41, 5.74) is -0.986. The Morgan fingerprint density at radius 2 is 1.84 bits per heavy atom. The first-order chi connectivity index (χ1) is 14.8. The monoisotopic (exact) mass is 433 g/mol. The Balaban J connectivity index is 1.89. The summed E-state index contributed by atoms with van der Waals surface area (Å²) < 4.78 is 28.8. The highest BCUT2D eigenvalue weighted by atomic mass is 19.2. The lowest BCUT2D eigenvalue weighted by molar-refractivity contribution is 0.303. The van der Waals surface area contributed by atoms with E-state index >= 15 is 0 Å². The third kappa shape index (κ3) is 4.93. The van der Waals surface area contributed by atoms with Crippen molar-refractivity contribution >= 4 is 17.1 Å². The van der Waals surface area contributed by atoms with Gasteiger partial charge in [-0.25, -0.2) is 18.6 Å². The average molecular weight is 433 g/mol. The maximum absolute atomic E-state index is 13.6. The first kappa shape index (κ1) is 22.5. The fraction of sp³-hybridized carbons (Fsp3) is 0.450. The highest BCUT2D eigenvalue weighted by molar-refractivity contribution is 5.69. The average Bonchev–Trinajstić information content (AvgIpc) is 2.77. The molecule has 2 aromatic heterocycles. The van der Waals surface area contributed by atoms with E-state index in [1.54, 1.807) is 0 Å². The van der Waals surface area contributed by atoms with Crippen LogP contribution in [0.3, 0.4) is 0 Å². The molecule has 0 amide bonds. The summed E-state index contributed by atoms with van der Waals surface area (Å²) in [6.07, 6.45) is 0.858. The van der Waals surface area contributed by atoms with E-state index in [-0.39, 0.29) is 23.7 Å². The highest BCUT2D eigenvalue weighted by Crippen LogP contribution is 2.12. The molecule has 3 rings (SSSR count). The van der Waals surface area contributed by atoms with Gasteiger partial charge in [0.25, 0.3) is 5.56 Å². The molecule has 0 aliphatic rings. The van der Waals surface area contributed by atoms with Crippen LogP contribution in [0.2, 0.25) is 0 Å². The Morgan fingerprint density at radius 1 is 1.10 bits per heavy atom. The second-order valence-corrected chi connectivity index (χ2v) is 7.10. The van der Waals surface area contributed by atoms with Crippen molar-refractivity contribution in [3.63, 3.8) is 0 Å². The highest BCUT2D eigenvalue weighted by Gasteiger charge is 2.16. The maximum Gasteiger partial charge on any atom is 0.332 e. The van der Waals surface area contributed by atoms with E-state index < -0.39 is 22.9 Å². The summed E-state index contributed by atoms with van der Waals surface area (Å²) in [7, 11) is 1.32. The molecule has 0 saturated carbocycles. The van der Waals surface area contributed by atoms with Crippen LogP contribution in [-0.4, -0.2) is 55.4 Å². The van der Waals surface area contributed by atoms with Crippen LogP contribution in [-0.2, 0) is 13.6 Å². The van der Waals surface area contributed by atoms with Gasteiger partial charge in [-0.15, -0.1) is 10.2 Å². The molecule has 0 aliphatic heterocycles. The summed E-state index contributed by atoms with van der Waals surface area (Å²) in [5.74, 6) is -1.83. The standard InChI is InChI=1S/C20H25F2N7O2/c1-4-28(5-2)10-6-9-23-19-24-16-17(25-26-19)29(20(31)27(3)18(16)30)12-13-7-8-14(21)15(22)11-13/h7-8,11H,4-6,9-10,12H2,1-3H3,(H,23,24,26). The van der Waals surface area contributed by atoms with Crippen molar-refractivity contribution in [2.75, 3.05) is 31.5 Å². The van der Waals surface area contributed by atoms with E-state index in [0.29, 0.717) is 12.1 Å². The van der Waals surface area contributed by atoms with Gasteiger partial charge in [0.2, 0.25) is 5.95 Å². The van der Waals surface area contributed by atoms with Gasteiger partial charge in [-0.2, -0.15) is 0 Å². The summed E-state index contributed by atoms with van der Waals surface area (Å²) in [6, 6.07) is 3.32. The van der Waals surface area contributed by atoms with Crippen LogP contribution in [0.5, 0.6) is 0 Å². The van der Waals surface area contributed by atoms with Crippen LogP contribution in [0, 0.1) is 11.6 Å². The van der Waals surface area contributed by atoms with Gasteiger partial charge in [-0.05, 0) is 43.8 Å². The molecule has 0 atom stereocenters. The van der Waals surface area contributed by atoms with Crippen molar-refractivity contribution in [2.24, 2.45) is 7.05 Å². The lowest BCUT2D eigenvalue weighted by atomic mass is 10.2. The van der Waals surface area contributed by atoms with Crippen LogP contribution >= 0.6 is 0 Å². The van der Waals surface area contributed by atoms with Crippen molar-refractivity contribution < 1.29 is 8.78 Å². The Hall–Kier alpha value is -3.21. The van der Waals surface area contributed by atoms with E-state index in [4.69, 9.17) is 0 Å². The third-order valence-electron chi connectivity index (χ3n) is 5.10. The molecule has 1 N–H and O–H groups in total. The number of rotatable bonds is 9. The van der Waals surface area contributed by atoms with Crippen molar-refractivity contribution in [1.29, 1.82) is 0 Å². The summed E-state index contributed by atoms with van der Waals surface area (Å²) >= 11 is 0. The fourth-order valence-electron chi connectivity index (χ4n) is 3.24. The predicted octanol–water partition coefficient (Wildman–Crippen LogP) is 1.36. The topological polar surface area (TPSA) is 97.9 Å². The molecule has 0 radical (unpaired) electrons.